The fraction of sp³-hybridized carbons (Fsp3) is 0.774. The van der Waals surface area contributed by atoms with E-state index in [-0.39, 0.29) is 36.1 Å². The lowest BCUT2D eigenvalue weighted by molar-refractivity contribution is -0.183. The molecule has 3 heterocycles. The third-order valence-electron chi connectivity index (χ3n) is 9.27. The van der Waals surface area contributed by atoms with Crippen molar-refractivity contribution in [3.63, 3.8) is 0 Å². The Morgan fingerprint density at radius 3 is 2.33 bits per heavy atom. The molecule has 0 saturated carbocycles. The molecule has 1 aromatic rings. The Balaban J connectivity index is 1.99. The normalized spacial score (nSPS) is 36.6. The summed E-state index contributed by atoms with van der Waals surface area (Å²) in [7, 11) is 1.66. The number of H-pyrrole nitrogens is 1. The average Bonchev–Trinajstić information content (AvgIpc) is 3.17. The summed E-state index contributed by atoms with van der Waals surface area (Å²) in [6, 6.07) is 0. The van der Waals surface area contributed by atoms with E-state index in [9.17, 15) is 24.0 Å². The van der Waals surface area contributed by atoms with Crippen molar-refractivity contribution >= 4 is 29.5 Å². The number of hydrogen-bond acceptors (Lipinski definition) is 9. The molecule has 2 fully saturated rings. The first-order valence-corrected chi connectivity index (χ1v) is 16.1. The highest BCUT2D eigenvalue weighted by Gasteiger charge is 2.61. The van der Waals surface area contributed by atoms with Gasteiger partial charge < -0.3 is 14.2 Å². The van der Waals surface area contributed by atoms with E-state index in [1.807, 2.05) is 34.6 Å². The summed E-state index contributed by atoms with van der Waals surface area (Å²) >= 11 is 1.32. The highest BCUT2D eigenvalue weighted by Crippen LogP contribution is 2.48. The zero-order valence-corrected chi connectivity index (χ0v) is 27.3. The number of esters is 2. The van der Waals surface area contributed by atoms with Crippen LogP contribution in [0, 0.1) is 36.5 Å². The maximum absolute atomic E-state index is 14.0. The van der Waals surface area contributed by atoms with Gasteiger partial charge in [-0.2, -0.15) is 0 Å². The van der Waals surface area contributed by atoms with Crippen LogP contribution in [0.1, 0.15) is 79.7 Å². The summed E-state index contributed by atoms with van der Waals surface area (Å²) < 4.78 is 19.5. The number of ether oxygens (including phenoxy) is 3. The number of nitrogens with one attached hydrogen (secondary N) is 1. The number of aryl methyl sites for hydroxylation is 2. The lowest BCUT2D eigenvalue weighted by Crippen LogP contribution is -2.52. The third kappa shape index (κ3) is 7.21. The maximum atomic E-state index is 14.0. The number of hydrogen-bond donors (Lipinski definition) is 1. The van der Waals surface area contributed by atoms with Crippen molar-refractivity contribution in [1.82, 2.24) is 9.55 Å². The van der Waals surface area contributed by atoms with Gasteiger partial charge in [0.15, 0.2) is 5.60 Å². The second-order valence-corrected chi connectivity index (χ2v) is 14.2. The number of rotatable bonds is 6. The molecule has 9 unspecified atom stereocenters. The van der Waals surface area contributed by atoms with Gasteiger partial charge in [0.25, 0.3) is 5.56 Å². The quantitative estimate of drug-likeness (QED) is 0.477. The molecule has 0 amide bonds. The van der Waals surface area contributed by atoms with Crippen molar-refractivity contribution in [1.29, 1.82) is 0 Å². The number of nitrogens with zero attached hydrogens (tertiary/aromatic N) is 1. The summed E-state index contributed by atoms with van der Waals surface area (Å²) in [5.41, 5.74) is -2.34. The number of carbonyl (C=O) groups excluding carboxylic acids is 3. The number of aromatic nitrogens is 2. The SMILES string of the molecule is CCC1OC(=O)C(C)CC(C)CC(C)(OC)CC(C)C(=O)C(C)C2C(SCCn3cc(C)c(=O)[nH]c3=O)C(=O)OC12C. The minimum absolute atomic E-state index is 0.00476. The predicted molar refractivity (Wildman–Crippen MR) is 161 cm³/mol. The van der Waals surface area contributed by atoms with E-state index in [0.29, 0.717) is 37.0 Å². The van der Waals surface area contributed by atoms with Crippen LogP contribution in [0.3, 0.4) is 0 Å². The zero-order chi connectivity index (χ0) is 31.6. The molecular formula is C31H48N2O8S. The standard InChI is InChI=1S/C31H48N2O8S/c1-10-22-31(8)23(25(28(37)41-31)42-12-11-33-16-20(5)26(35)32-29(33)38)21(6)24(34)19(4)15-30(7,39-9)14-17(2)13-18(3)27(36)40-22/h16-19,21-23,25H,10-15H2,1-9H3,(H,32,35,38). The van der Waals surface area contributed by atoms with Gasteiger partial charge in [0, 0.05) is 48.9 Å². The fourth-order valence-corrected chi connectivity index (χ4v) is 8.52. The third-order valence-corrected chi connectivity index (χ3v) is 10.5. The lowest BCUT2D eigenvalue weighted by Gasteiger charge is -2.41. The van der Waals surface area contributed by atoms with Gasteiger partial charge in [-0.05, 0) is 52.4 Å². The van der Waals surface area contributed by atoms with Gasteiger partial charge in [0.2, 0.25) is 0 Å². The van der Waals surface area contributed by atoms with Crippen LogP contribution in [0.2, 0.25) is 0 Å². The molecule has 236 valence electrons. The zero-order valence-electron chi connectivity index (χ0n) is 26.5. The fourth-order valence-electron chi connectivity index (χ4n) is 7.07. The van der Waals surface area contributed by atoms with Gasteiger partial charge in [-0.1, -0.05) is 34.6 Å². The van der Waals surface area contributed by atoms with Gasteiger partial charge in [-0.3, -0.25) is 28.7 Å². The molecule has 11 heteroatoms. The second kappa shape index (κ2) is 13.5. The smallest absolute Gasteiger partial charge is 0.328 e. The molecular weight excluding hydrogens is 560 g/mol. The molecule has 3 rings (SSSR count). The Hall–Kier alpha value is -2.40. The number of carbonyl (C=O) groups is 3. The molecule has 0 bridgehead atoms. The molecule has 10 nitrogen and oxygen atoms in total. The molecule has 0 aromatic carbocycles. The van der Waals surface area contributed by atoms with Crippen LogP contribution in [0.4, 0.5) is 0 Å². The van der Waals surface area contributed by atoms with Crippen LogP contribution < -0.4 is 11.2 Å². The molecule has 42 heavy (non-hydrogen) atoms. The van der Waals surface area contributed by atoms with Crippen LogP contribution >= 0.6 is 11.8 Å². The Kier molecular flexibility index (Phi) is 11.0. The van der Waals surface area contributed by atoms with E-state index in [4.69, 9.17) is 14.2 Å². The molecule has 1 aromatic heterocycles. The number of thioether (sulfide) groups is 1. The number of Topliss-reactive ketones (excluding diaryl/α,β-unsaturated/α-hetero) is 1. The van der Waals surface area contributed by atoms with Gasteiger partial charge in [-0.15, -0.1) is 11.8 Å². The van der Waals surface area contributed by atoms with Crippen LogP contribution in [0.25, 0.3) is 0 Å². The summed E-state index contributed by atoms with van der Waals surface area (Å²) in [5.74, 6) is -2.16. The first-order chi connectivity index (χ1) is 19.6. The molecule has 0 spiro atoms. The highest BCUT2D eigenvalue weighted by molar-refractivity contribution is 8.00. The van der Waals surface area contributed by atoms with Crippen LogP contribution in [-0.2, 0) is 35.1 Å². The van der Waals surface area contributed by atoms with Gasteiger partial charge in [-0.25, -0.2) is 4.79 Å². The van der Waals surface area contributed by atoms with Crippen LogP contribution in [0.15, 0.2) is 15.8 Å². The minimum Gasteiger partial charge on any atom is -0.458 e. The Morgan fingerprint density at radius 1 is 1.05 bits per heavy atom. The first kappa shape index (κ1) is 34.1. The predicted octanol–water partition coefficient (Wildman–Crippen LogP) is 3.90. The highest BCUT2D eigenvalue weighted by atomic mass is 32.2. The summed E-state index contributed by atoms with van der Waals surface area (Å²) in [5, 5.41) is -0.715. The summed E-state index contributed by atoms with van der Waals surface area (Å²) in [6.45, 7) is 15.2. The molecule has 9 atom stereocenters. The lowest BCUT2D eigenvalue weighted by atomic mass is 9.70. The number of ketones is 1. The average molecular weight is 609 g/mol. The van der Waals surface area contributed by atoms with Crippen LogP contribution in [-0.4, -0.2) is 62.7 Å². The van der Waals surface area contributed by atoms with E-state index < -0.39 is 51.6 Å². The van der Waals surface area contributed by atoms with E-state index in [0.717, 1.165) is 0 Å². The minimum atomic E-state index is -1.22. The Morgan fingerprint density at radius 2 is 1.71 bits per heavy atom. The van der Waals surface area contributed by atoms with Gasteiger partial charge in [0.05, 0.1) is 11.5 Å². The van der Waals surface area contributed by atoms with Crippen molar-refractivity contribution in [2.45, 2.75) is 110 Å². The van der Waals surface area contributed by atoms with Gasteiger partial charge in [0.1, 0.15) is 17.1 Å². The van der Waals surface area contributed by atoms with E-state index >= 15 is 0 Å². The number of fused-ring (bicyclic) bond motifs is 1. The number of cyclic esters (lactones) is 1. The van der Waals surface area contributed by atoms with Crippen molar-refractivity contribution in [3.05, 3.63) is 32.6 Å². The Bertz CT molecular complexity index is 1280. The van der Waals surface area contributed by atoms with E-state index in [1.165, 1.54) is 22.5 Å². The largest absolute Gasteiger partial charge is 0.458 e. The van der Waals surface area contributed by atoms with E-state index in [1.54, 1.807) is 21.0 Å². The van der Waals surface area contributed by atoms with E-state index in [2.05, 4.69) is 11.9 Å². The number of methoxy groups -OCH3 is 1. The molecule has 0 radical (unpaired) electrons. The summed E-state index contributed by atoms with van der Waals surface area (Å²) in [4.78, 5) is 67.2. The maximum Gasteiger partial charge on any atom is 0.328 e. The van der Waals surface area contributed by atoms with Crippen molar-refractivity contribution in [2.24, 2.45) is 29.6 Å². The molecule has 1 N–H and O–H groups in total. The Labute approximate surface area is 252 Å². The van der Waals surface area contributed by atoms with Crippen LogP contribution in [0.5, 0.6) is 0 Å². The second-order valence-electron chi connectivity index (χ2n) is 12.9. The van der Waals surface area contributed by atoms with Crippen molar-refractivity contribution in [2.75, 3.05) is 12.9 Å². The molecule has 0 aliphatic carbocycles. The topological polar surface area (TPSA) is 134 Å². The molecule has 2 aliphatic rings. The number of aromatic amines is 1. The molecule has 2 aliphatic heterocycles. The van der Waals surface area contributed by atoms with Gasteiger partial charge >= 0.3 is 17.6 Å². The van der Waals surface area contributed by atoms with Crippen molar-refractivity contribution in [3.8, 4) is 0 Å². The van der Waals surface area contributed by atoms with Crippen molar-refractivity contribution < 1.29 is 28.6 Å². The first-order valence-electron chi connectivity index (χ1n) is 15.0. The molecule has 2 saturated heterocycles. The summed E-state index contributed by atoms with van der Waals surface area (Å²) in [6.07, 6.45) is 2.98. The monoisotopic (exact) mass is 608 g/mol.